The standard InChI is InChI=1S/C14H21NO7/c16-7-10(18)12(19)13(20)11(8-17)22-14(21)15-6-9-4-2-1-3-5-9/h1-5,10-13,16-20H,6-8H2,(H,15,21)/t10-,11+,12+,13+/m1/s1. The lowest BCUT2D eigenvalue weighted by atomic mass is 10.0. The molecule has 0 heterocycles. The summed E-state index contributed by atoms with van der Waals surface area (Å²) >= 11 is 0. The van der Waals surface area contributed by atoms with Crippen molar-refractivity contribution in [1.29, 1.82) is 0 Å². The number of hydrogen-bond donors (Lipinski definition) is 6. The number of aliphatic hydroxyl groups is 5. The first kappa shape index (κ1) is 18.3. The zero-order chi connectivity index (χ0) is 16.5. The van der Waals surface area contributed by atoms with Gasteiger partial charge >= 0.3 is 6.09 Å². The van der Waals surface area contributed by atoms with Crippen molar-refractivity contribution in [3.63, 3.8) is 0 Å². The molecule has 6 N–H and O–H groups in total. The van der Waals surface area contributed by atoms with Crippen LogP contribution in [0.5, 0.6) is 0 Å². The molecule has 1 aromatic carbocycles. The maximum absolute atomic E-state index is 11.6. The summed E-state index contributed by atoms with van der Waals surface area (Å²) in [5, 5.41) is 48.7. The Labute approximate surface area is 127 Å². The molecule has 0 aromatic heterocycles. The Kier molecular flexibility index (Phi) is 7.78. The molecule has 0 aliphatic carbocycles. The number of hydrogen-bond acceptors (Lipinski definition) is 7. The minimum Gasteiger partial charge on any atom is -0.441 e. The molecule has 0 aliphatic heterocycles. The van der Waals surface area contributed by atoms with Gasteiger partial charge in [0.2, 0.25) is 0 Å². The van der Waals surface area contributed by atoms with Crippen LogP contribution in [0.15, 0.2) is 30.3 Å². The molecule has 0 unspecified atom stereocenters. The van der Waals surface area contributed by atoms with Crippen molar-refractivity contribution in [2.24, 2.45) is 0 Å². The highest BCUT2D eigenvalue weighted by molar-refractivity contribution is 5.67. The summed E-state index contributed by atoms with van der Waals surface area (Å²) in [5.41, 5.74) is 0.830. The Morgan fingerprint density at radius 3 is 2.23 bits per heavy atom. The fourth-order valence-corrected chi connectivity index (χ4v) is 1.72. The van der Waals surface area contributed by atoms with Crippen molar-refractivity contribution in [3.8, 4) is 0 Å². The number of nitrogens with one attached hydrogen (secondary N) is 1. The van der Waals surface area contributed by atoms with Crippen molar-refractivity contribution < 1.29 is 35.1 Å². The number of carbonyl (C=O) groups excluding carboxylic acids is 1. The lowest BCUT2D eigenvalue weighted by Crippen LogP contribution is -2.49. The van der Waals surface area contributed by atoms with Crippen LogP contribution < -0.4 is 5.32 Å². The van der Waals surface area contributed by atoms with Gasteiger partial charge in [0.25, 0.3) is 0 Å². The third-order valence-corrected chi connectivity index (χ3v) is 3.03. The minimum absolute atomic E-state index is 0.190. The summed E-state index contributed by atoms with van der Waals surface area (Å²) in [7, 11) is 0. The Balaban J connectivity index is 2.49. The van der Waals surface area contributed by atoms with Crippen LogP contribution in [-0.2, 0) is 11.3 Å². The first-order valence-corrected chi connectivity index (χ1v) is 6.74. The Hall–Kier alpha value is -1.71. The van der Waals surface area contributed by atoms with E-state index in [2.05, 4.69) is 5.32 Å². The molecule has 1 aromatic rings. The molecule has 0 saturated heterocycles. The van der Waals surface area contributed by atoms with E-state index in [1.54, 1.807) is 24.3 Å². The number of ether oxygens (including phenoxy) is 1. The molecule has 8 heteroatoms. The number of aliphatic hydroxyl groups excluding tert-OH is 5. The highest BCUT2D eigenvalue weighted by atomic mass is 16.6. The number of carbonyl (C=O) groups is 1. The third kappa shape index (κ3) is 5.58. The van der Waals surface area contributed by atoms with Crippen LogP contribution in [-0.4, -0.2) is 69.3 Å². The summed E-state index contributed by atoms with van der Waals surface area (Å²) < 4.78 is 4.80. The van der Waals surface area contributed by atoms with E-state index >= 15 is 0 Å². The summed E-state index contributed by atoms with van der Waals surface area (Å²) in [6.45, 7) is -1.35. The number of alkyl carbamates (subject to hydrolysis) is 1. The van der Waals surface area contributed by atoms with E-state index < -0.39 is 43.7 Å². The van der Waals surface area contributed by atoms with Crippen molar-refractivity contribution in [3.05, 3.63) is 35.9 Å². The van der Waals surface area contributed by atoms with E-state index in [0.717, 1.165) is 5.56 Å². The maximum Gasteiger partial charge on any atom is 0.407 e. The van der Waals surface area contributed by atoms with Gasteiger partial charge in [-0.3, -0.25) is 0 Å². The lowest BCUT2D eigenvalue weighted by Gasteiger charge is -2.27. The molecular formula is C14H21NO7. The Morgan fingerprint density at radius 2 is 1.68 bits per heavy atom. The zero-order valence-corrected chi connectivity index (χ0v) is 11.9. The lowest BCUT2D eigenvalue weighted by molar-refractivity contribution is -0.124. The molecule has 22 heavy (non-hydrogen) atoms. The molecular weight excluding hydrogens is 294 g/mol. The third-order valence-electron chi connectivity index (χ3n) is 3.03. The van der Waals surface area contributed by atoms with E-state index in [1.807, 2.05) is 6.07 Å². The van der Waals surface area contributed by atoms with Gasteiger partial charge in [-0.2, -0.15) is 0 Å². The molecule has 0 saturated carbocycles. The Bertz CT molecular complexity index is 442. The predicted octanol–water partition coefficient (Wildman–Crippen LogP) is -1.65. The van der Waals surface area contributed by atoms with E-state index in [9.17, 15) is 20.1 Å². The topological polar surface area (TPSA) is 139 Å². The molecule has 0 fully saturated rings. The number of rotatable bonds is 8. The van der Waals surface area contributed by atoms with Gasteiger partial charge in [0.1, 0.15) is 18.3 Å². The average Bonchev–Trinajstić information content (AvgIpc) is 2.56. The van der Waals surface area contributed by atoms with Crippen LogP contribution in [0.4, 0.5) is 4.79 Å². The first-order valence-electron chi connectivity index (χ1n) is 6.74. The van der Waals surface area contributed by atoms with E-state index in [0.29, 0.717) is 0 Å². The largest absolute Gasteiger partial charge is 0.441 e. The van der Waals surface area contributed by atoms with Gasteiger partial charge in [0.15, 0.2) is 6.10 Å². The summed E-state index contributed by atoms with van der Waals surface area (Å²) in [6.07, 6.45) is -7.45. The molecule has 0 spiro atoms. The van der Waals surface area contributed by atoms with Gasteiger partial charge < -0.3 is 35.6 Å². The predicted molar refractivity (Wildman–Crippen MR) is 75.7 cm³/mol. The first-order chi connectivity index (χ1) is 10.5. The monoisotopic (exact) mass is 315 g/mol. The van der Waals surface area contributed by atoms with Crippen molar-refractivity contribution in [1.82, 2.24) is 5.32 Å². The van der Waals surface area contributed by atoms with Gasteiger partial charge in [0, 0.05) is 6.54 Å². The van der Waals surface area contributed by atoms with Gasteiger partial charge in [-0.05, 0) is 5.56 Å². The molecule has 124 valence electrons. The summed E-state index contributed by atoms with van der Waals surface area (Å²) in [6, 6.07) is 9.01. The van der Waals surface area contributed by atoms with E-state index in [4.69, 9.17) is 14.9 Å². The molecule has 8 nitrogen and oxygen atoms in total. The normalized spacial score (nSPS) is 16.4. The highest BCUT2D eigenvalue weighted by Crippen LogP contribution is 2.08. The highest BCUT2D eigenvalue weighted by Gasteiger charge is 2.33. The van der Waals surface area contributed by atoms with Gasteiger partial charge in [-0.25, -0.2) is 4.79 Å². The average molecular weight is 315 g/mol. The minimum atomic E-state index is -1.76. The van der Waals surface area contributed by atoms with Crippen molar-refractivity contribution >= 4 is 6.09 Å². The fourth-order valence-electron chi connectivity index (χ4n) is 1.72. The second kappa shape index (κ2) is 9.34. The molecule has 1 amide bonds. The Morgan fingerprint density at radius 1 is 1.05 bits per heavy atom. The molecule has 0 aliphatic rings. The van der Waals surface area contributed by atoms with Crippen LogP contribution in [0.2, 0.25) is 0 Å². The van der Waals surface area contributed by atoms with Crippen LogP contribution in [0.25, 0.3) is 0 Å². The zero-order valence-electron chi connectivity index (χ0n) is 11.9. The quantitative estimate of drug-likeness (QED) is 0.338. The van der Waals surface area contributed by atoms with Crippen molar-refractivity contribution in [2.75, 3.05) is 13.2 Å². The van der Waals surface area contributed by atoms with Crippen LogP contribution in [0, 0.1) is 0 Å². The molecule has 0 bridgehead atoms. The SMILES string of the molecule is O=C(NCc1ccccc1)O[C@@H](CO)[C@H](O)[C@@H](O)[C@H](O)CO. The van der Waals surface area contributed by atoms with Gasteiger partial charge in [-0.15, -0.1) is 0 Å². The smallest absolute Gasteiger partial charge is 0.407 e. The second-order valence-corrected chi connectivity index (χ2v) is 4.70. The second-order valence-electron chi connectivity index (χ2n) is 4.70. The van der Waals surface area contributed by atoms with Gasteiger partial charge in [-0.1, -0.05) is 30.3 Å². The van der Waals surface area contributed by atoms with Gasteiger partial charge in [0.05, 0.1) is 13.2 Å². The van der Waals surface area contributed by atoms with E-state index in [1.165, 1.54) is 0 Å². The summed E-state index contributed by atoms with van der Waals surface area (Å²) in [4.78, 5) is 11.6. The van der Waals surface area contributed by atoms with Crippen LogP contribution in [0.1, 0.15) is 5.56 Å². The van der Waals surface area contributed by atoms with Crippen LogP contribution in [0.3, 0.4) is 0 Å². The number of amides is 1. The van der Waals surface area contributed by atoms with Crippen molar-refractivity contribution in [2.45, 2.75) is 31.0 Å². The molecule has 0 radical (unpaired) electrons. The number of benzene rings is 1. The molecule has 4 atom stereocenters. The van der Waals surface area contributed by atoms with E-state index in [-0.39, 0.29) is 6.54 Å². The summed E-state index contributed by atoms with van der Waals surface area (Å²) in [5.74, 6) is 0. The fraction of sp³-hybridized carbons (Fsp3) is 0.500. The van der Waals surface area contributed by atoms with Crippen LogP contribution >= 0.6 is 0 Å². The maximum atomic E-state index is 11.6. The molecule has 1 rings (SSSR count).